The normalized spacial score (nSPS) is 19.1. The number of nitrogens with one attached hydrogen (secondary N) is 1. The predicted octanol–water partition coefficient (Wildman–Crippen LogP) is 2.38. The van der Waals surface area contributed by atoms with Gasteiger partial charge in [-0.1, -0.05) is 44.2 Å². The minimum Gasteiger partial charge on any atom is -0.347 e. The van der Waals surface area contributed by atoms with Crippen LogP contribution in [0, 0.1) is 5.92 Å². The highest BCUT2D eigenvalue weighted by Gasteiger charge is 2.41. The average Bonchev–Trinajstić information content (AvgIpc) is 2.33. The quantitative estimate of drug-likeness (QED) is 0.857. The molecule has 1 fully saturated rings. The van der Waals surface area contributed by atoms with Gasteiger partial charge in [0.15, 0.2) is 0 Å². The Morgan fingerprint density at radius 3 is 2.33 bits per heavy atom. The fourth-order valence-electron chi connectivity index (χ4n) is 2.36. The van der Waals surface area contributed by atoms with Gasteiger partial charge in [-0.15, -0.1) is 0 Å². The highest BCUT2D eigenvalue weighted by Crippen LogP contribution is 2.31. The number of carbonyl (C=O) groups excluding carboxylic acids is 1. The molecule has 0 aliphatic heterocycles. The van der Waals surface area contributed by atoms with Crippen molar-refractivity contribution in [1.82, 2.24) is 5.32 Å². The van der Waals surface area contributed by atoms with Gasteiger partial charge in [0.05, 0.1) is 11.6 Å². The fourth-order valence-corrected chi connectivity index (χ4v) is 2.36. The van der Waals surface area contributed by atoms with Gasteiger partial charge < -0.3 is 11.1 Å². The summed E-state index contributed by atoms with van der Waals surface area (Å²) >= 11 is 0. The molecule has 1 amide bonds. The smallest absolute Gasteiger partial charge is 0.240 e. The van der Waals surface area contributed by atoms with Gasteiger partial charge >= 0.3 is 0 Å². The summed E-state index contributed by atoms with van der Waals surface area (Å²) in [4.78, 5) is 12.2. The maximum Gasteiger partial charge on any atom is 0.240 e. The number of amides is 1. The molecular weight excluding hydrogens is 224 g/mol. The Bertz CT molecular complexity index is 410. The first-order chi connectivity index (χ1) is 8.53. The molecule has 1 unspecified atom stereocenters. The fraction of sp³-hybridized carbons (Fsp3) is 0.533. The summed E-state index contributed by atoms with van der Waals surface area (Å²) < 4.78 is 0. The number of hydrogen-bond donors (Lipinski definition) is 2. The summed E-state index contributed by atoms with van der Waals surface area (Å²) in [6.07, 6.45) is 2.67. The lowest BCUT2D eigenvalue weighted by molar-refractivity contribution is -0.130. The SMILES string of the molecule is CC(C)C(NC(=O)C1(N)CCC1)c1ccccc1. The molecule has 3 N–H and O–H groups in total. The maximum absolute atomic E-state index is 12.2. The van der Waals surface area contributed by atoms with Gasteiger partial charge in [0.25, 0.3) is 0 Å². The second-order valence-electron chi connectivity index (χ2n) is 5.62. The van der Waals surface area contributed by atoms with E-state index in [1.54, 1.807) is 0 Å². The van der Waals surface area contributed by atoms with Crippen LogP contribution >= 0.6 is 0 Å². The van der Waals surface area contributed by atoms with Crippen molar-refractivity contribution in [2.24, 2.45) is 11.7 Å². The lowest BCUT2D eigenvalue weighted by Gasteiger charge is -2.38. The second-order valence-corrected chi connectivity index (χ2v) is 5.62. The minimum absolute atomic E-state index is 0.00342. The molecule has 0 radical (unpaired) electrons. The van der Waals surface area contributed by atoms with Crippen molar-refractivity contribution in [2.75, 3.05) is 0 Å². The Morgan fingerprint density at radius 2 is 1.89 bits per heavy atom. The first kappa shape index (κ1) is 13.1. The van der Waals surface area contributed by atoms with Crippen molar-refractivity contribution in [1.29, 1.82) is 0 Å². The van der Waals surface area contributed by atoms with Gasteiger partial charge in [0, 0.05) is 0 Å². The maximum atomic E-state index is 12.2. The van der Waals surface area contributed by atoms with Crippen LogP contribution in [0.2, 0.25) is 0 Å². The van der Waals surface area contributed by atoms with Gasteiger partial charge in [0.1, 0.15) is 0 Å². The number of benzene rings is 1. The lowest BCUT2D eigenvalue weighted by Crippen LogP contribution is -2.59. The third-order valence-corrected chi connectivity index (χ3v) is 3.81. The lowest BCUT2D eigenvalue weighted by atomic mass is 9.76. The van der Waals surface area contributed by atoms with Gasteiger partial charge in [-0.05, 0) is 30.7 Å². The Kier molecular flexibility index (Phi) is 3.71. The molecule has 0 aromatic heterocycles. The van der Waals surface area contributed by atoms with Crippen molar-refractivity contribution >= 4 is 5.91 Å². The van der Waals surface area contributed by atoms with Crippen LogP contribution in [0.25, 0.3) is 0 Å². The average molecular weight is 246 g/mol. The minimum atomic E-state index is -0.623. The third kappa shape index (κ3) is 2.56. The topological polar surface area (TPSA) is 55.1 Å². The van der Waals surface area contributed by atoms with Gasteiger partial charge in [0.2, 0.25) is 5.91 Å². The molecule has 0 saturated heterocycles. The van der Waals surface area contributed by atoms with E-state index in [2.05, 4.69) is 31.3 Å². The van der Waals surface area contributed by atoms with Crippen molar-refractivity contribution in [3.8, 4) is 0 Å². The zero-order valence-corrected chi connectivity index (χ0v) is 11.1. The summed E-state index contributed by atoms with van der Waals surface area (Å²) in [5, 5.41) is 3.11. The van der Waals surface area contributed by atoms with E-state index in [1.165, 1.54) is 0 Å². The van der Waals surface area contributed by atoms with E-state index < -0.39 is 5.54 Å². The standard InChI is InChI=1S/C15H22N2O/c1-11(2)13(12-7-4-3-5-8-12)17-14(18)15(16)9-6-10-15/h3-5,7-8,11,13H,6,9-10,16H2,1-2H3,(H,17,18). The van der Waals surface area contributed by atoms with Gasteiger partial charge in [-0.3, -0.25) is 4.79 Å². The van der Waals surface area contributed by atoms with Crippen LogP contribution in [0.1, 0.15) is 44.7 Å². The Hall–Kier alpha value is -1.35. The molecular formula is C15H22N2O. The molecule has 18 heavy (non-hydrogen) atoms. The zero-order chi connectivity index (χ0) is 13.2. The molecule has 1 atom stereocenters. The van der Waals surface area contributed by atoms with Crippen LogP contribution in [0.15, 0.2) is 30.3 Å². The van der Waals surface area contributed by atoms with E-state index in [1.807, 2.05) is 18.2 Å². The summed E-state index contributed by atoms with van der Waals surface area (Å²) in [6, 6.07) is 10.1. The Balaban J connectivity index is 2.10. The van der Waals surface area contributed by atoms with Crippen LogP contribution in [-0.4, -0.2) is 11.4 Å². The molecule has 1 aromatic rings. The summed E-state index contributed by atoms with van der Waals surface area (Å²) in [7, 11) is 0. The van der Waals surface area contributed by atoms with Gasteiger partial charge in [-0.25, -0.2) is 0 Å². The number of carbonyl (C=O) groups is 1. The zero-order valence-electron chi connectivity index (χ0n) is 11.1. The molecule has 3 nitrogen and oxygen atoms in total. The second kappa shape index (κ2) is 5.11. The first-order valence-corrected chi connectivity index (χ1v) is 6.68. The molecule has 0 heterocycles. The summed E-state index contributed by atoms with van der Waals surface area (Å²) in [5.41, 5.74) is 6.58. The van der Waals surface area contributed by atoms with Crippen molar-refractivity contribution in [2.45, 2.75) is 44.7 Å². The molecule has 1 saturated carbocycles. The van der Waals surface area contributed by atoms with Crippen LogP contribution in [0.3, 0.4) is 0 Å². The Labute approximate surface area is 109 Å². The van der Waals surface area contributed by atoms with Crippen molar-refractivity contribution in [3.05, 3.63) is 35.9 Å². The molecule has 2 rings (SSSR count). The largest absolute Gasteiger partial charge is 0.347 e. The van der Waals surface area contributed by atoms with E-state index in [4.69, 9.17) is 5.73 Å². The number of hydrogen-bond acceptors (Lipinski definition) is 2. The van der Waals surface area contributed by atoms with Crippen molar-refractivity contribution < 1.29 is 4.79 Å². The summed E-state index contributed by atoms with van der Waals surface area (Å²) in [6.45, 7) is 4.23. The van der Waals surface area contributed by atoms with Crippen molar-refractivity contribution in [3.63, 3.8) is 0 Å². The molecule has 3 heteroatoms. The molecule has 0 bridgehead atoms. The summed E-state index contributed by atoms with van der Waals surface area (Å²) in [5.74, 6) is 0.344. The van der Waals surface area contributed by atoms with E-state index >= 15 is 0 Å². The molecule has 98 valence electrons. The molecule has 1 aromatic carbocycles. The molecule has 1 aliphatic carbocycles. The first-order valence-electron chi connectivity index (χ1n) is 6.68. The van der Waals surface area contributed by atoms with Crippen LogP contribution in [-0.2, 0) is 4.79 Å². The van der Waals surface area contributed by atoms with Crippen LogP contribution in [0.4, 0.5) is 0 Å². The highest BCUT2D eigenvalue weighted by atomic mass is 16.2. The third-order valence-electron chi connectivity index (χ3n) is 3.81. The molecule has 1 aliphatic rings. The highest BCUT2D eigenvalue weighted by molar-refractivity contribution is 5.87. The van der Waals surface area contributed by atoms with E-state index in [-0.39, 0.29) is 11.9 Å². The van der Waals surface area contributed by atoms with E-state index in [0.717, 1.165) is 24.8 Å². The van der Waals surface area contributed by atoms with E-state index in [9.17, 15) is 4.79 Å². The van der Waals surface area contributed by atoms with Crippen LogP contribution < -0.4 is 11.1 Å². The number of nitrogens with two attached hydrogens (primary N) is 1. The monoisotopic (exact) mass is 246 g/mol. The molecule has 0 spiro atoms. The van der Waals surface area contributed by atoms with Crippen LogP contribution in [0.5, 0.6) is 0 Å². The van der Waals surface area contributed by atoms with Gasteiger partial charge in [-0.2, -0.15) is 0 Å². The van der Waals surface area contributed by atoms with E-state index in [0.29, 0.717) is 5.92 Å². The number of rotatable bonds is 4. The Morgan fingerprint density at radius 1 is 1.28 bits per heavy atom. The predicted molar refractivity (Wildman–Crippen MR) is 72.9 cm³/mol.